The Balaban J connectivity index is 1.60. The zero-order valence-electron chi connectivity index (χ0n) is 20.0. The highest BCUT2D eigenvalue weighted by molar-refractivity contribution is 5.89. The summed E-state index contributed by atoms with van der Waals surface area (Å²) < 4.78 is 37.3. The molecule has 0 bridgehead atoms. The normalized spacial score (nSPS) is 11.6. The first kappa shape index (κ1) is 26.5. The fourth-order valence-corrected chi connectivity index (χ4v) is 3.60. The number of nitrogens with zero attached hydrogens (tertiary/aromatic N) is 2. The number of hydrogen-bond acceptors (Lipinski definition) is 6. The van der Waals surface area contributed by atoms with Crippen LogP contribution in [0, 0.1) is 11.6 Å². The first-order valence-corrected chi connectivity index (χ1v) is 11.3. The molecule has 0 unspecified atom stereocenters. The molecule has 1 atom stereocenters. The molecule has 0 fully saturated rings. The number of amides is 2. The number of anilines is 1. The second-order valence-corrected chi connectivity index (χ2v) is 8.13. The van der Waals surface area contributed by atoms with Crippen LogP contribution in [0.3, 0.4) is 0 Å². The van der Waals surface area contributed by atoms with E-state index in [0.717, 1.165) is 16.8 Å². The summed E-state index contributed by atoms with van der Waals surface area (Å²) in [5.74, 6) is -2.53. The molecule has 2 amide bonds. The molecule has 36 heavy (non-hydrogen) atoms. The third-order valence-electron chi connectivity index (χ3n) is 5.76. The Kier molecular flexibility index (Phi) is 9.26. The van der Waals surface area contributed by atoms with E-state index in [2.05, 4.69) is 15.0 Å². The topological polar surface area (TPSA) is 97.8 Å². The Bertz CT molecular complexity index is 1240. The highest BCUT2D eigenvalue weighted by atomic mass is 19.2. The van der Waals surface area contributed by atoms with Gasteiger partial charge in [-0.2, -0.15) is 0 Å². The Morgan fingerprint density at radius 3 is 2.56 bits per heavy atom. The summed E-state index contributed by atoms with van der Waals surface area (Å²) in [7, 11) is 2.75. The molecule has 0 aliphatic carbocycles. The van der Waals surface area contributed by atoms with Gasteiger partial charge in [-0.05, 0) is 35.9 Å². The highest BCUT2D eigenvalue weighted by Gasteiger charge is 2.23. The maximum atomic E-state index is 13.9. The van der Waals surface area contributed by atoms with Crippen molar-refractivity contribution in [2.24, 2.45) is 0 Å². The van der Waals surface area contributed by atoms with Gasteiger partial charge >= 0.3 is 12.1 Å². The molecule has 1 aromatic heterocycles. The van der Waals surface area contributed by atoms with Crippen molar-refractivity contribution in [1.29, 1.82) is 0 Å². The van der Waals surface area contributed by atoms with Gasteiger partial charge in [-0.1, -0.05) is 36.4 Å². The van der Waals surface area contributed by atoms with Crippen LogP contribution in [0.15, 0.2) is 54.7 Å². The number of benzene rings is 2. The molecule has 3 aromatic rings. The maximum Gasteiger partial charge on any atom is 0.412 e. The number of aryl methyl sites for hydroxylation is 1. The third-order valence-corrected chi connectivity index (χ3v) is 5.76. The molecule has 2 aromatic carbocycles. The molecule has 0 saturated carbocycles. The lowest BCUT2D eigenvalue weighted by Crippen LogP contribution is -2.41. The summed E-state index contributed by atoms with van der Waals surface area (Å²) >= 11 is 0. The van der Waals surface area contributed by atoms with E-state index in [0.29, 0.717) is 5.82 Å². The van der Waals surface area contributed by atoms with E-state index in [1.165, 1.54) is 31.2 Å². The smallest absolute Gasteiger partial charge is 0.412 e. The van der Waals surface area contributed by atoms with Crippen LogP contribution in [0.4, 0.5) is 19.4 Å². The van der Waals surface area contributed by atoms with Crippen LogP contribution in [0.5, 0.6) is 0 Å². The van der Waals surface area contributed by atoms with Crippen LogP contribution in [-0.4, -0.2) is 54.7 Å². The Labute approximate surface area is 207 Å². The molecular weight excluding hydrogens is 472 g/mol. The molecule has 8 nitrogen and oxygen atoms in total. The number of esters is 1. The number of carbonyl (C=O) groups is 3. The molecule has 0 saturated heterocycles. The van der Waals surface area contributed by atoms with E-state index in [9.17, 15) is 23.2 Å². The van der Waals surface area contributed by atoms with Crippen LogP contribution < -0.4 is 5.32 Å². The average molecular weight is 500 g/mol. The number of halogens is 2. The SMILES string of the molecule is COC(=O)CC[C@@H](COC(=O)Nc1cc2ccccc2cn1)N(C)C(=O)CCc1cccc(F)c1F. The van der Waals surface area contributed by atoms with Crippen molar-refractivity contribution in [3.05, 3.63) is 71.9 Å². The molecule has 0 aliphatic rings. The van der Waals surface area contributed by atoms with Gasteiger partial charge in [-0.3, -0.25) is 14.9 Å². The molecule has 3 rings (SSSR count). The van der Waals surface area contributed by atoms with Gasteiger partial charge in [0.15, 0.2) is 11.6 Å². The number of fused-ring (bicyclic) bond motifs is 1. The van der Waals surface area contributed by atoms with E-state index in [1.54, 1.807) is 12.3 Å². The molecule has 0 radical (unpaired) electrons. The minimum atomic E-state index is -0.988. The first-order valence-electron chi connectivity index (χ1n) is 11.3. The molecule has 190 valence electrons. The summed E-state index contributed by atoms with van der Waals surface area (Å²) in [5, 5.41) is 4.35. The fraction of sp³-hybridized carbons (Fsp3) is 0.308. The van der Waals surface area contributed by atoms with Gasteiger partial charge in [0.25, 0.3) is 0 Å². The van der Waals surface area contributed by atoms with Crippen LogP contribution in [0.25, 0.3) is 10.8 Å². The van der Waals surface area contributed by atoms with Gasteiger partial charge in [0, 0.05) is 31.5 Å². The third kappa shape index (κ3) is 7.21. The number of aromatic nitrogens is 1. The monoisotopic (exact) mass is 499 g/mol. The molecule has 1 N–H and O–H groups in total. The Morgan fingerprint density at radius 2 is 1.81 bits per heavy atom. The zero-order chi connectivity index (χ0) is 26.1. The quantitative estimate of drug-likeness (QED) is 0.413. The standard InChI is InChI=1S/C26H27F2N3O5/c1-31(23(32)12-10-17-8-5-9-21(27)25(17)28)20(11-13-24(33)35-2)16-36-26(34)30-22-14-18-6-3-4-7-19(18)15-29-22/h3-9,14-15,20H,10-13,16H2,1-2H3,(H,29,30,34)/t20-/m0/s1. The van der Waals surface area contributed by atoms with E-state index in [-0.39, 0.29) is 43.8 Å². The van der Waals surface area contributed by atoms with E-state index >= 15 is 0 Å². The summed E-state index contributed by atoms with van der Waals surface area (Å²) in [4.78, 5) is 42.3. The first-order chi connectivity index (χ1) is 17.3. The minimum Gasteiger partial charge on any atom is -0.469 e. The van der Waals surface area contributed by atoms with Crippen LogP contribution in [-0.2, 0) is 25.5 Å². The van der Waals surface area contributed by atoms with Gasteiger partial charge in [0.2, 0.25) is 5.91 Å². The summed E-state index contributed by atoms with van der Waals surface area (Å²) in [6.07, 6.45) is 0.908. The second kappa shape index (κ2) is 12.6. The lowest BCUT2D eigenvalue weighted by Gasteiger charge is -2.28. The van der Waals surface area contributed by atoms with Crippen molar-refractivity contribution in [1.82, 2.24) is 9.88 Å². The van der Waals surface area contributed by atoms with Gasteiger partial charge in [0.05, 0.1) is 13.2 Å². The van der Waals surface area contributed by atoms with Crippen molar-refractivity contribution in [3.8, 4) is 0 Å². The average Bonchev–Trinajstić information content (AvgIpc) is 2.88. The van der Waals surface area contributed by atoms with Crippen LogP contribution >= 0.6 is 0 Å². The molecule has 10 heteroatoms. The molecule has 1 heterocycles. The van der Waals surface area contributed by atoms with Crippen molar-refractivity contribution < 1.29 is 32.6 Å². The fourth-order valence-electron chi connectivity index (χ4n) is 3.60. The number of hydrogen-bond donors (Lipinski definition) is 1. The predicted octanol–water partition coefficient (Wildman–Crippen LogP) is 4.47. The predicted molar refractivity (Wildman–Crippen MR) is 129 cm³/mol. The Hall–Kier alpha value is -4.08. The zero-order valence-corrected chi connectivity index (χ0v) is 20.0. The van der Waals surface area contributed by atoms with Gasteiger partial charge in [-0.15, -0.1) is 0 Å². The largest absolute Gasteiger partial charge is 0.469 e. The number of carbonyl (C=O) groups excluding carboxylic acids is 3. The number of rotatable bonds is 10. The summed E-state index contributed by atoms with van der Waals surface area (Å²) in [5.41, 5.74) is 0.0846. The van der Waals surface area contributed by atoms with Crippen molar-refractivity contribution >= 4 is 34.6 Å². The van der Waals surface area contributed by atoms with Crippen molar-refractivity contribution in [3.63, 3.8) is 0 Å². The number of methoxy groups -OCH3 is 1. The van der Waals surface area contributed by atoms with E-state index < -0.39 is 29.7 Å². The second-order valence-electron chi connectivity index (χ2n) is 8.13. The molecule has 0 aliphatic heterocycles. The molecule has 0 spiro atoms. The highest BCUT2D eigenvalue weighted by Crippen LogP contribution is 2.17. The molecular formula is C26H27F2N3O5. The number of likely N-dealkylation sites (N-methyl/N-ethyl adjacent to an activating group) is 1. The summed E-state index contributed by atoms with van der Waals surface area (Å²) in [6, 6.07) is 12.4. The number of ether oxygens (including phenoxy) is 2. The maximum absolute atomic E-state index is 13.9. The lowest BCUT2D eigenvalue weighted by molar-refractivity contribution is -0.142. The van der Waals surface area contributed by atoms with Crippen molar-refractivity contribution in [2.75, 3.05) is 26.1 Å². The Morgan fingerprint density at radius 1 is 1.06 bits per heavy atom. The van der Waals surface area contributed by atoms with Crippen LogP contribution in [0.2, 0.25) is 0 Å². The number of pyridine rings is 1. The number of nitrogens with one attached hydrogen (secondary N) is 1. The van der Waals surface area contributed by atoms with E-state index in [1.807, 2.05) is 24.3 Å². The van der Waals surface area contributed by atoms with Gasteiger partial charge in [0.1, 0.15) is 12.4 Å². The lowest BCUT2D eigenvalue weighted by atomic mass is 10.1. The van der Waals surface area contributed by atoms with E-state index in [4.69, 9.17) is 4.74 Å². The minimum absolute atomic E-state index is 0.00544. The van der Waals surface area contributed by atoms with Gasteiger partial charge in [-0.25, -0.2) is 18.6 Å². The van der Waals surface area contributed by atoms with Crippen molar-refractivity contribution in [2.45, 2.75) is 31.7 Å². The summed E-state index contributed by atoms with van der Waals surface area (Å²) in [6.45, 7) is -0.201. The van der Waals surface area contributed by atoms with Crippen LogP contribution in [0.1, 0.15) is 24.8 Å². The van der Waals surface area contributed by atoms with Gasteiger partial charge < -0.3 is 14.4 Å².